The molecule has 0 saturated heterocycles. The molecule has 1 aromatic rings. The van der Waals surface area contributed by atoms with Gasteiger partial charge in [0.05, 0.1) is 6.61 Å². The molecule has 0 radical (unpaired) electrons. The van der Waals surface area contributed by atoms with Crippen LogP contribution in [0.5, 0.6) is 0 Å². The number of amides is 1. The van der Waals surface area contributed by atoms with Gasteiger partial charge in [-0.1, -0.05) is 6.92 Å². The minimum Gasteiger partial charge on any atom is -0.395 e. The Morgan fingerprint density at radius 2 is 2.35 bits per heavy atom. The molecule has 1 heterocycles. The number of nitrogens with zero attached hydrogens (tertiary/aromatic N) is 2. The van der Waals surface area contributed by atoms with Gasteiger partial charge in [0.15, 0.2) is 0 Å². The number of carbonyl (C=O) groups excluding carboxylic acids is 1. The third kappa shape index (κ3) is 2.69. The highest BCUT2D eigenvalue weighted by atomic mass is 16.3. The van der Waals surface area contributed by atoms with Crippen LogP contribution >= 0.6 is 0 Å². The molecule has 2 rings (SSSR count). The average Bonchev–Trinajstić information content (AvgIpc) is 3.06. The van der Waals surface area contributed by atoms with Crippen LogP contribution in [-0.4, -0.2) is 39.7 Å². The summed E-state index contributed by atoms with van der Waals surface area (Å²) < 4.78 is 2.00. The minimum absolute atomic E-state index is 0.0384. The number of aliphatic hydroxyl groups excluding tert-OH is 1. The molecule has 0 atom stereocenters. The van der Waals surface area contributed by atoms with Crippen molar-refractivity contribution >= 4 is 5.91 Å². The zero-order chi connectivity index (χ0) is 12.3. The fourth-order valence-corrected chi connectivity index (χ4v) is 2.14. The summed E-state index contributed by atoms with van der Waals surface area (Å²) in [5.41, 5.74) is 0.743. The highest BCUT2D eigenvalue weighted by Crippen LogP contribution is 2.28. The minimum atomic E-state index is 0.0384. The maximum absolute atomic E-state index is 12.4. The third-order valence-electron chi connectivity index (χ3n) is 3.10. The SMILES string of the molecule is CCCn1cccc1C(=O)N(CCO)C1CC1. The lowest BCUT2D eigenvalue weighted by Crippen LogP contribution is -2.36. The molecule has 1 fully saturated rings. The first-order chi connectivity index (χ1) is 8.27. The van der Waals surface area contributed by atoms with E-state index in [1.165, 1.54) is 0 Å². The van der Waals surface area contributed by atoms with Gasteiger partial charge in [-0.25, -0.2) is 0 Å². The van der Waals surface area contributed by atoms with Gasteiger partial charge >= 0.3 is 0 Å². The van der Waals surface area contributed by atoms with Crippen LogP contribution in [0.4, 0.5) is 0 Å². The number of carbonyl (C=O) groups is 1. The molecule has 1 saturated carbocycles. The molecule has 94 valence electrons. The largest absolute Gasteiger partial charge is 0.395 e. The lowest BCUT2D eigenvalue weighted by Gasteiger charge is -2.22. The van der Waals surface area contributed by atoms with Crippen LogP contribution in [0.15, 0.2) is 18.3 Å². The molecule has 17 heavy (non-hydrogen) atoms. The molecular weight excluding hydrogens is 216 g/mol. The Balaban J connectivity index is 2.13. The normalized spacial score (nSPS) is 14.9. The molecular formula is C13H20N2O2. The number of aromatic nitrogens is 1. The van der Waals surface area contributed by atoms with E-state index < -0.39 is 0 Å². The molecule has 1 aromatic heterocycles. The number of aryl methyl sites for hydroxylation is 1. The molecule has 0 aliphatic heterocycles. The maximum Gasteiger partial charge on any atom is 0.270 e. The zero-order valence-corrected chi connectivity index (χ0v) is 10.3. The summed E-state index contributed by atoms with van der Waals surface area (Å²) in [4.78, 5) is 14.2. The van der Waals surface area contributed by atoms with Gasteiger partial charge in [0.1, 0.15) is 5.69 Å². The monoisotopic (exact) mass is 236 g/mol. The summed E-state index contributed by atoms with van der Waals surface area (Å²) in [5, 5.41) is 9.03. The number of aliphatic hydroxyl groups is 1. The predicted octanol–water partition coefficient (Wildman–Crippen LogP) is 1.49. The highest BCUT2D eigenvalue weighted by Gasteiger charge is 2.33. The quantitative estimate of drug-likeness (QED) is 0.813. The lowest BCUT2D eigenvalue weighted by molar-refractivity contribution is 0.0696. The van der Waals surface area contributed by atoms with E-state index >= 15 is 0 Å². The molecule has 4 nitrogen and oxygen atoms in total. The Kier molecular flexibility index (Phi) is 3.84. The van der Waals surface area contributed by atoms with Gasteiger partial charge in [-0.3, -0.25) is 4.79 Å². The van der Waals surface area contributed by atoms with Gasteiger partial charge in [-0.05, 0) is 31.4 Å². The molecule has 0 spiro atoms. The van der Waals surface area contributed by atoms with Crippen molar-refractivity contribution in [3.05, 3.63) is 24.0 Å². The van der Waals surface area contributed by atoms with Gasteiger partial charge in [-0.2, -0.15) is 0 Å². The third-order valence-corrected chi connectivity index (χ3v) is 3.10. The van der Waals surface area contributed by atoms with Crippen molar-refractivity contribution in [1.29, 1.82) is 0 Å². The average molecular weight is 236 g/mol. The van der Waals surface area contributed by atoms with E-state index in [0.29, 0.717) is 12.6 Å². The van der Waals surface area contributed by atoms with E-state index in [-0.39, 0.29) is 12.5 Å². The van der Waals surface area contributed by atoms with Crippen molar-refractivity contribution in [2.45, 2.75) is 38.8 Å². The Morgan fingerprint density at radius 1 is 1.59 bits per heavy atom. The Morgan fingerprint density at radius 3 is 2.94 bits per heavy atom. The van der Waals surface area contributed by atoms with Crippen LogP contribution in [0.2, 0.25) is 0 Å². The number of hydrogen-bond donors (Lipinski definition) is 1. The topological polar surface area (TPSA) is 45.5 Å². The number of hydrogen-bond acceptors (Lipinski definition) is 2. The van der Waals surface area contributed by atoms with Crippen LogP contribution in [0, 0.1) is 0 Å². The standard InChI is InChI=1S/C13H20N2O2/c1-2-7-14-8-3-4-12(14)13(17)15(9-10-16)11-5-6-11/h3-4,8,11,16H,2,5-7,9-10H2,1H3. The summed E-state index contributed by atoms with van der Waals surface area (Å²) in [6, 6.07) is 4.12. The summed E-state index contributed by atoms with van der Waals surface area (Å²) >= 11 is 0. The zero-order valence-electron chi connectivity index (χ0n) is 10.3. The molecule has 4 heteroatoms. The Labute approximate surface area is 102 Å². The first-order valence-electron chi connectivity index (χ1n) is 6.35. The van der Waals surface area contributed by atoms with Crippen molar-refractivity contribution in [2.75, 3.05) is 13.2 Å². The molecule has 0 unspecified atom stereocenters. The Hall–Kier alpha value is -1.29. The van der Waals surface area contributed by atoms with Crippen LogP contribution < -0.4 is 0 Å². The van der Waals surface area contributed by atoms with Crippen molar-refractivity contribution in [2.24, 2.45) is 0 Å². The van der Waals surface area contributed by atoms with E-state index in [4.69, 9.17) is 5.11 Å². The van der Waals surface area contributed by atoms with E-state index in [1.807, 2.05) is 27.8 Å². The summed E-state index contributed by atoms with van der Waals surface area (Å²) in [5.74, 6) is 0.0556. The van der Waals surface area contributed by atoms with E-state index in [0.717, 1.165) is 31.5 Å². The first kappa shape index (κ1) is 12.2. The first-order valence-corrected chi connectivity index (χ1v) is 6.35. The summed E-state index contributed by atoms with van der Waals surface area (Å²) in [6.07, 6.45) is 5.10. The van der Waals surface area contributed by atoms with Crippen LogP contribution in [0.25, 0.3) is 0 Å². The van der Waals surface area contributed by atoms with Crippen molar-refractivity contribution in [1.82, 2.24) is 9.47 Å². The van der Waals surface area contributed by atoms with Crippen LogP contribution in [0.1, 0.15) is 36.7 Å². The molecule has 1 aliphatic carbocycles. The fourth-order valence-electron chi connectivity index (χ4n) is 2.14. The van der Waals surface area contributed by atoms with Gasteiger partial charge < -0.3 is 14.6 Å². The lowest BCUT2D eigenvalue weighted by atomic mass is 10.3. The molecule has 1 N–H and O–H groups in total. The van der Waals surface area contributed by atoms with E-state index in [2.05, 4.69) is 6.92 Å². The maximum atomic E-state index is 12.4. The van der Waals surface area contributed by atoms with Crippen molar-refractivity contribution in [3.63, 3.8) is 0 Å². The molecule has 0 bridgehead atoms. The van der Waals surface area contributed by atoms with Crippen LogP contribution in [-0.2, 0) is 6.54 Å². The smallest absolute Gasteiger partial charge is 0.270 e. The summed E-state index contributed by atoms with van der Waals surface area (Å²) in [6.45, 7) is 3.45. The highest BCUT2D eigenvalue weighted by molar-refractivity contribution is 5.93. The predicted molar refractivity (Wildman–Crippen MR) is 65.9 cm³/mol. The van der Waals surface area contributed by atoms with Crippen LogP contribution in [0.3, 0.4) is 0 Å². The van der Waals surface area contributed by atoms with E-state index in [9.17, 15) is 4.79 Å². The van der Waals surface area contributed by atoms with Gasteiger partial charge in [-0.15, -0.1) is 0 Å². The molecule has 0 aromatic carbocycles. The van der Waals surface area contributed by atoms with Gasteiger partial charge in [0.25, 0.3) is 5.91 Å². The molecule has 1 aliphatic rings. The number of rotatable bonds is 6. The fraction of sp³-hybridized carbons (Fsp3) is 0.615. The Bertz CT molecular complexity index is 383. The second-order valence-corrected chi connectivity index (χ2v) is 4.54. The van der Waals surface area contributed by atoms with Gasteiger partial charge in [0.2, 0.25) is 0 Å². The summed E-state index contributed by atoms with van der Waals surface area (Å²) in [7, 11) is 0. The van der Waals surface area contributed by atoms with Gasteiger partial charge in [0, 0.05) is 25.3 Å². The van der Waals surface area contributed by atoms with E-state index in [1.54, 1.807) is 0 Å². The second kappa shape index (κ2) is 5.36. The molecule has 1 amide bonds. The van der Waals surface area contributed by atoms with Crippen molar-refractivity contribution < 1.29 is 9.90 Å². The second-order valence-electron chi connectivity index (χ2n) is 4.54. The van der Waals surface area contributed by atoms with Crippen molar-refractivity contribution in [3.8, 4) is 0 Å².